The van der Waals surface area contributed by atoms with Gasteiger partial charge in [0, 0.05) is 22.8 Å². The van der Waals surface area contributed by atoms with Gasteiger partial charge in [-0.25, -0.2) is 4.99 Å². The maximum atomic E-state index is 12.9. The van der Waals surface area contributed by atoms with Crippen LogP contribution < -0.4 is 10.2 Å². The van der Waals surface area contributed by atoms with Crippen LogP contribution in [0, 0.1) is 13.8 Å². The van der Waals surface area contributed by atoms with Crippen LogP contribution in [0.3, 0.4) is 0 Å². The smallest absolute Gasteiger partial charge is 0.244 e. The Bertz CT molecular complexity index is 993. The second-order valence-corrected chi connectivity index (χ2v) is 8.79. The molecular formula is C21H21ClN4O2S. The van der Waals surface area contributed by atoms with Crippen molar-refractivity contribution in [1.82, 2.24) is 4.90 Å². The monoisotopic (exact) mass is 428 g/mol. The van der Waals surface area contributed by atoms with Gasteiger partial charge in [-0.15, -0.1) is 0 Å². The van der Waals surface area contributed by atoms with Crippen molar-refractivity contribution in [2.45, 2.75) is 25.5 Å². The van der Waals surface area contributed by atoms with Crippen LogP contribution in [0.25, 0.3) is 0 Å². The Morgan fingerprint density at radius 3 is 2.72 bits per heavy atom. The van der Waals surface area contributed by atoms with E-state index in [-0.39, 0.29) is 18.2 Å². The lowest BCUT2D eigenvalue weighted by Gasteiger charge is -2.32. The van der Waals surface area contributed by atoms with E-state index in [9.17, 15) is 9.59 Å². The molecule has 8 heteroatoms. The van der Waals surface area contributed by atoms with E-state index in [1.807, 2.05) is 61.2 Å². The van der Waals surface area contributed by atoms with Gasteiger partial charge in [-0.2, -0.15) is 0 Å². The number of nitrogens with zero attached hydrogens (tertiary/aromatic N) is 3. The molecule has 0 saturated carbocycles. The van der Waals surface area contributed by atoms with Crippen LogP contribution in [0.5, 0.6) is 0 Å². The number of hydrogen-bond acceptors (Lipinski definition) is 5. The number of nitrogens with one attached hydrogen (secondary N) is 1. The number of aliphatic imine (C=N–C) groups is 1. The number of amides is 2. The van der Waals surface area contributed by atoms with Crippen molar-refractivity contribution in [2.75, 3.05) is 23.6 Å². The van der Waals surface area contributed by atoms with Gasteiger partial charge < -0.3 is 10.2 Å². The number of anilines is 2. The summed E-state index contributed by atoms with van der Waals surface area (Å²) in [6.45, 7) is 4.85. The topological polar surface area (TPSA) is 65.0 Å². The van der Waals surface area contributed by atoms with Gasteiger partial charge >= 0.3 is 0 Å². The zero-order chi connectivity index (χ0) is 20.5. The molecule has 150 valence electrons. The lowest BCUT2D eigenvalue weighted by Crippen LogP contribution is -2.46. The van der Waals surface area contributed by atoms with Gasteiger partial charge in [-0.05, 0) is 49.7 Å². The number of carbonyl (C=O) groups excluding carboxylic acids is 2. The summed E-state index contributed by atoms with van der Waals surface area (Å²) < 4.78 is 0. The van der Waals surface area contributed by atoms with Crippen molar-refractivity contribution in [3.63, 3.8) is 0 Å². The molecule has 1 fully saturated rings. The quantitative estimate of drug-likeness (QED) is 0.798. The molecule has 4 rings (SSSR count). The molecule has 2 heterocycles. The van der Waals surface area contributed by atoms with Crippen molar-refractivity contribution in [3.8, 4) is 0 Å². The number of hydrogen-bond donors (Lipinski definition) is 1. The van der Waals surface area contributed by atoms with E-state index < -0.39 is 5.25 Å². The lowest BCUT2D eigenvalue weighted by molar-refractivity contribution is -0.128. The van der Waals surface area contributed by atoms with E-state index in [2.05, 4.69) is 10.3 Å². The SMILES string of the molecule is Cc1ccc(NC(=O)C[C@H]2SC3=NCN(c4ccc(Cl)cc4)CN3C2=O)c(C)c1. The van der Waals surface area contributed by atoms with E-state index in [1.165, 1.54) is 11.8 Å². The van der Waals surface area contributed by atoms with Gasteiger partial charge in [0.05, 0.1) is 0 Å². The fraction of sp³-hybridized carbons (Fsp3) is 0.286. The highest BCUT2D eigenvalue weighted by Gasteiger charge is 2.41. The second-order valence-electron chi connectivity index (χ2n) is 7.18. The number of thioether (sulfide) groups is 1. The Labute approximate surface area is 178 Å². The van der Waals surface area contributed by atoms with E-state index in [4.69, 9.17) is 11.6 Å². The lowest BCUT2D eigenvalue weighted by atomic mass is 10.1. The summed E-state index contributed by atoms with van der Waals surface area (Å²) in [5.74, 6) is -0.249. The molecule has 2 aliphatic rings. The Morgan fingerprint density at radius 1 is 1.24 bits per heavy atom. The highest BCUT2D eigenvalue weighted by atomic mass is 35.5. The average molecular weight is 429 g/mol. The third kappa shape index (κ3) is 4.26. The molecule has 1 N–H and O–H groups in total. The summed E-state index contributed by atoms with van der Waals surface area (Å²) >= 11 is 7.32. The number of benzene rings is 2. The third-order valence-electron chi connectivity index (χ3n) is 4.93. The summed E-state index contributed by atoms with van der Waals surface area (Å²) in [5.41, 5.74) is 3.87. The van der Waals surface area contributed by atoms with E-state index in [0.717, 1.165) is 22.5 Å². The molecule has 0 aromatic heterocycles. The van der Waals surface area contributed by atoms with E-state index >= 15 is 0 Å². The number of rotatable bonds is 4. The normalized spacial score (nSPS) is 18.5. The molecule has 1 saturated heterocycles. The molecule has 2 aliphatic heterocycles. The average Bonchev–Trinajstić information content (AvgIpc) is 3.00. The van der Waals surface area contributed by atoms with Crippen molar-refractivity contribution in [3.05, 3.63) is 58.6 Å². The van der Waals surface area contributed by atoms with Gasteiger partial charge in [0.2, 0.25) is 11.8 Å². The Kier molecular flexibility index (Phi) is 5.52. The minimum Gasteiger partial charge on any atom is -0.334 e. The van der Waals surface area contributed by atoms with Gasteiger partial charge in [0.1, 0.15) is 18.6 Å². The predicted octanol–water partition coefficient (Wildman–Crippen LogP) is 4.02. The maximum absolute atomic E-state index is 12.9. The molecule has 0 spiro atoms. The number of aryl methyl sites for hydroxylation is 2. The highest BCUT2D eigenvalue weighted by molar-refractivity contribution is 8.15. The first-order valence-corrected chi connectivity index (χ1v) is 10.6. The van der Waals surface area contributed by atoms with Crippen molar-refractivity contribution in [1.29, 1.82) is 0 Å². The maximum Gasteiger partial charge on any atom is 0.244 e. The molecule has 0 aliphatic carbocycles. The van der Waals surface area contributed by atoms with Crippen LogP contribution >= 0.6 is 23.4 Å². The molecule has 2 aromatic rings. The van der Waals surface area contributed by atoms with Crippen LogP contribution in [0.4, 0.5) is 11.4 Å². The molecule has 0 radical (unpaired) electrons. The molecule has 29 heavy (non-hydrogen) atoms. The van der Waals surface area contributed by atoms with E-state index in [1.54, 1.807) is 4.90 Å². The summed E-state index contributed by atoms with van der Waals surface area (Å²) in [6.07, 6.45) is 0.118. The zero-order valence-electron chi connectivity index (χ0n) is 16.2. The number of fused-ring (bicyclic) bond motifs is 1. The first kappa shape index (κ1) is 19.8. The largest absolute Gasteiger partial charge is 0.334 e. The molecule has 2 aromatic carbocycles. The van der Waals surface area contributed by atoms with Crippen molar-refractivity contribution < 1.29 is 9.59 Å². The Balaban J connectivity index is 1.40. The summed E-state index contributed by atoms with van der Waals surface area (Å²) in [5, 5.41) is 3.82. The van der Waals surface area contributed by atoms with Crippen molar-refractivity contribution in [2.24, 2.45) is 4.99 Å². The molecule has 1 atom stereocenters. The summed E-state index contributed by atoms with van der Waals surface area (Å²) in [6, 6.07) is 13.3. The van der Waals surface area contributed by atoms with E-state index in [0.29, 0.717) is 23.5 Å². The van der Waals surface area contributed by atoms with Gasteiger partial charge in [-0.1, -0.05) is 41.1 Å². The number of amidine groups is 1. The first-order chi connectivity index (χ1) is 13.9. The number of halogens is 1. The second kappa shape index (κ2) is 8.08. The number of carbonyl (C=O) groups is 2. The van der Waals surface area contributed by atoms with Gasteiger partial charge in [-0.3, -0.25) is 14.5 Å². The fourth-order valence-corrected chi connectivity index (χ4v) is 4.64. The van der Waals surface area contributed by atoms with Gasteiger partial charge in [0.15, 0.2) is 5.17 Å². The van der Waals surface area contributed by atoms with Crippen molar-refractivity contribution >= 4 is 51.7 Å². The Hall–Kier alpha value is -2.51. The van der Waals surface area contributed by atoms with Crippen LogP contribution in [0.1, 0.15) is 17.5 Å². The van der Waals surface area contributed by atoms with Crippen LogP contribution in [0.15, 0.2) is 47.5 Å². The third-order valence-corrected chi connectivity index (χ3v) is 6.39. The summed E-state index contributed by atoms with van der Waals surface area (Å²) in [7, 11) is 0. The highest BCUT2D eigenvalue weighted by Crippen LogP contribution is 2.33. The standard InChI is InChI=1S/C21H21ClN4O2S/c1-13-3-8-17(14(2)9-13)24-19(27)10-18-20(28)26-12-25(11-23-21(26)29-18)16-6-4-15(22)5-7-16/h3-9,18H,10-12H2,1-2H3,(H,24,27)/t18-/m1/s1. The summed E-state index contributed by atoms with van der Waals surface area (Å²) in [4.78, 5) is 33.6. The molecular weight excluding hydrogens is 408 g/mol. The first-order valence-electron chi connectivity index (χ1n) is 9.31. The molecule has 2 amide bonds. The minimum absolute atomic E-state index is 0.0804. The zero-order valence-corrected chi connectivity index (χ0v) is 17.8. The van der Waals surface area contributed by atoms with Crippen LogP contribution in [-0.4, -0.2) is 40.5 Å². The molecule has 0 bridgehead atoms. The van der Waals surface area contributed by atoms with Gasteiger partial charge in [0.25, 0.3) is 0 Å². The fourth-order valence-electron chi connectivity index (χ4n) is 3.39. The van der Waals surface area contributed by atoms with Crippen LogP contribution in [0.2, 0.25) is 5.02 Å². The molecule has 0 unspecified atom stereocenters. The predicted molar refractivity (Wildman–Crippen MR) is 118 cm³/mol. The molecule has 6 nitrogen and oxygen atoms in total. The van der Waals surface area contributed by atoms with Crippen LogP contribution in [-0.2, 0) is 9.59 Å². The minimum atomic E-state index is -0.454. The Morgan fingerprint density at radius 2 is 2.00 bits per heavy atom.